The second-order valence-electron chi connectivity index (χ2n) is 2.42. The lowest BCUT2D eigenvalue weighted by molar-refractivity contribution is -0.153. The van der Waals surface area contributed by atoms with E-state index < -0.39 is 12.8 Å². The number of ether oxygens (including phenoxy) is 1. The predicted octanol–water partition coefficient (Wildman–Crippen LogP) is 1.89. The van der Waals surface area contributed by atoms with E-state index in [2.05, 4.69) is 9.72 Å². The van der Waals surface area contributed by atoms with Gasteiger partial charge in [-0.25, -0.2) is 0 Å². The molecule has 1 heterocycles. The fourth-order valence-corrected chi connectivity index (χ4v) is 0.724. The molecule has 0 aliphatic carbocycles. The van der Waals surface area contributed by atoms with Gasteiger partial charge in [-0.1, -0.05) is 0 Å². The van der Waals surface area contributed by atoms with Gasteiger partial charge in [-0.3, -0.25) is 4.98 Å². The van der Waals surface area contributed by atoms with Crippen LogP contribution < -0.4 is 4.74 Å². The maximum absolute atomic E-state index is 11.7. The Bertz CT molecular complexity index is 356. The van der Waals surface area contributed by atoms with E-state index in [9.17, 15) is 13.2 Å². The highest BCUT2D eigenvalue weighted by atomic mass is 19.4. The Hall–Kier alpha value is -1.77. The molecule has 1 aromatic rings. The van der Waals surface area contributed by atoms with Crippen LogP contribution in [0.3, 0.4) is 0 Å². The van der Waals surface area contributed by atoms with E-state index in [0.29, 0.717) is 0 Å². The number of alkyl halides is 3. The van der Waals surface area contributed by atoms with Crippen molar-refractivity contribution in [2.24, 2.45) is 0 Å². The first-order valence-electron chi connectivity index (χ1n) is 3.56. The van der Waals surface area contributed by atoms with E-state index in [-0.39, 0.29) is 11.3 Å². The molecular weight excluding hydrogens is 197 g/mol. The minimum atomic E-state index is -4.39. The topological polar surface area (TPSA) is 45.9 Å². The maximum Gasteiger partial charge on any atom is 0.422 e. The first kappa shape index (κ1) is 10.3. The molecule has 0 aromatic carbocycles. The average Bonchev–Trinajstić information content (AvgIpc) is 2.14. The Morgan fingerprint density at radius 2 is 2.14 bits per heavy atom. The third-order valence-electron chi connectivity index (χ3n) is 1.24. The summed E-state index contributed by atoms with van der Waals surface area (Å²) in [6.07, 6.45) is -2.03. The predicted molar refractivity (Wildman–Crippen MR) is 40.5 cm³/mol. The molecule has 6 heteroatoms. The highest BCUT2D eigenvalue weighted by Crippen LogP contribution is 2.18. The van der Waals surface area contributed by atoms with Gasteiger partial charge in [-0.05, 0) is 0 Å². The minimum absolute atomic E-state index is 0.0682. The van der Waals surface area contributed by atoms with Gasteiger partial charge in [0.15, 0.2) is 6.61 Å². The van der Waals surface area contributed by atoms with E-state index in [1.54, 1.807) is 6.07 Å². The highest BCUT2D eigenvalue weighted by molar-refractivity contribution is 5.32. The Kier molecular flexibility index (Phi) is 2.92. The molecule has 14 heavy (non-hydrogen) atoms. The Labute approximate surface area is 77.7 Å². The van der Waals surface area contributed by atoms with Crippen LogP contribution in [-0.4, -0.2) is 17.8 Å². The van der Waals surface area contributed by atoms with Gasteiger partial charge in [0.05, 0.1) is 11.8 Å². The van der Waals surface area contributed by atoms with Gasteiger partial charge in [0, 0.05) is 12.3 Å². The van der Waals surface area contributed by atoms with E-state index in [4.69, 9.17) is 5.26 Å². The summed E-state index contributed by atoms with van der Waals surface area (Å²) in [6.45, 7) is -1.39. The minimum Gasteiger partial charge on any atom is -0.482 e. The van der Waals surface area contributed by atoms with Crippen molar-refractivity contribution in [3.63, 3.8) is 0 Å². The monoisotopic (exact) mass is 202 g/mol. The zero-order valence-corrected chi connectivity index (χ0v) is 6.88. The van der Waals surface area contributed by atoms with Crippen LogP contribution in [0, 0.1) is 11.3 Å². The van der Waals surface area contributed by atoms with Gasteiger partial charge >= 0.3 is 6.18 Å². The number of nitriles is 1. The van der Waals surface area contributed by atoms with Crippen molar-refractivity contribution in [2.75, 3.05) is 6.61 Å². The Morgan fingerprint density at radius 1 is 1.43 bits per heavy atom. The third-order valence-corrected chi connectivity index (χ3v) is 1.24. The molecule has 1 rings (SSSR count). The normalized spacial score (nSPS) is 10.7. The number of aromatic nitrogens is 1. The summed E-state index contributed by atoms with van der Waals surface area (Å²) in [5.41, 5.74) is 0.157. The summed E-state index contributed by atoms with van der Waals surface area (Å²) in [6, 6.07) is 2.93. The van der Waals surface area contributed by atoms with Gasteiger partial charge < -0.3 is 4.74 Å². The average molecular weight is 202 g/mol. The molecule has 0 N–H and O–H groups in total. The first-order valence-corrected chi connectivity index (χ1v) is 3.56. The van der Waals surface area contributed by atoms with E-state index >= 15 is 0 Å². The summed E-state index contributed by atoms with van der Waals surface area (Å²) in [5.74, 6) is -0.0682. The second kappa shape index (κ2) is 3.96. The molecule has 0 saturated carbocycles. The summed E-state index contributed by atoms with van der Waals surface area (Å²) in [5, 5.41) is 8.42. The lowest BCUT2D eigenvalue weighted by atomic mass is 10.3. The van der Waals surface area contributed by atoms with Crippen molar-refractivity contribution < 1.29 is 17.9 Å². The van der Waals surface area contributed by atoms with Crippen molar-refractivity contribution >= 4 is 0 Å². The zero-order valence-electron chi connectivity index (χ0n) is 6.88. The number of nitrogens with zero attached hydrogens (tertiary/aromatic N) is 2. The van der Waals surface area contributed by atoms with Crippen LogP contribution in [0.25, 0.3) is 0 Å². The molecule has 0 fully saturated rings. The van der Waals surface area contributed by atoms with Gasteiger partial charge in [-0.2, -0.15) is 18.4 Å². The number of pyridine rings is 1. The number of halogens is 3. The van der Waals surface area contributed by atoms with Gasteiger partial charge in [-0.15, -0.1) is 0 Å². The smallest absolute Gasteiger partial charge is 0.422 e. The molecule has 0 bridgehead atoms. The molecule has 74 valence electrons. The van der Waals surface area contributed by atoms with E-state index in [1.165, 1.54) is 12.3 Å². The number of rotatable bonds is 2. The van der Waals surface area contributed by atoms with Crippen LogP contribution in [0.5, 0.6) is 5.75 Å². The van der Waals surface area contributed by atoms with Crippen LogP contribution in [-0.2, 0) is 0 Å². The Balaban J connectivity index is 2.65. The molecule has 0 aliphatic rings. The van der Waals surface area contributed by atoms with Crippen molar-refractivity contribution in [1.82, 2.24) is 4.98 Å². The van der Waals surface area contributed by atoms with Crippen molar-refractivity contribution in [3.05, 3.63) is 24.0 Å². The molecule has 0 unspecified atom stereocenters. The summed E-state index contributed by atoms with van der Waals surface area (Å²) >= 11 is 0. The lowest BCUT2D eigenvalue weighted by Crippen LogP contribution is -2.19. The molecule has 0 spiro atoms. The lowest BCUT2D eigenvalue weighted by Gasteiger charge is -2.08. The molecule has 1 aromatic heterocycles. The van der Waals surface area contributed by atoms with Gasteiger partial charge in [0.1, 0.15) is 11.8 Å². The van der Waals surface area contributed by atoms with Crippen molar-refractivity contribution in [2.45, 2.75) is 6.18 Å². The van der Waals surface area contributed by atoms with Crippen LogP contribution in [0.2, 0.25) is 0 Å². The fourth-order valence-electron chi connectivity index (χ4n) is 0.724. The van der Waals surface area contributed by atoms with Gasteiger partial charge in [0.25, 0.3) is 0 Å². The fraction of sp³-hybridized carbons (Fsp3) is 0.250. The first-order chi connectivity index (χ1) is 6.51. The SMILES string of the molecule is N#Cc1cncc(OCC(F)(F)F)c1. The van der Waals surface area contributed by atoms with Crippen LogP contribution in [0.15, 0.2) is 18.5 Å². The maximum atomic E-state index is 11.7. The van der Waals surface area contributed by atoms with E-state index in [1.807, 2.05) is 0 Å². The van der Waals surface area contributed by atoms with Gasteiger partial charge in [0.2, 0.25) is 0 Å². The summed E-state index contributed by atoms with van der Waals surface area (Å²) < 4.78 is 39.5. The quantitative estimate of drug-likeness (QED) is 0.735. The van der Waals surface area contributed by atoms with Crippen LogP contribution in [0.4, 0.5) is 13.2 Å². The molecule has 0 atom stereocenters. The van der Waals surface area contributed by atoms with E-state index in [0.717, 1.165) is 6.20 Å². The van der Waals surface area contributed by atoms with Crippen molar-refractivity contribution in [3.8, 4) is 11.8 Å². The van der Waals surface area contributed by atoms with Crippen LogP contribution in [0.1, 0.15) is 5.56 Å². The largest absolute Gasteiger partial charge is 0.482 e. The second-order valence-corrected chi connectivity index (χ2v) is 2.42. The molecule has 0 aliphatic heterocycles. The Morgan fingerprint density at radius 3 is 2.71 bits per heavy atom. The third kappa shape index (κ3) is 3.31. The number of hydrogen-bond acceptors (Lipinski definition) is 3. The number of hydrogen-bond donors (Lipinski definition) is 0. The standard InChI is InChI=1S/C8H5F3N2O/c9-8(10,11)5-14-7-1-6(2-12)3-13-4-7/h1,3-4H,5H2. The molecular formula is C8H5F3N2O. The molecule has 0 radical (unpaired) electrons. The zero-order chi connectivity index (χ0) is 10.6. The van der Waals surface area contributed by atoms with Crippen LogP contribution >= 0.6 is 0 Å². The molecule has 0 saturated heterocycles. The molecule has 3 nitrogen and oxygen atoms in total. The van der Waals surface area contributed by atoms with Crippen molar-refractivity contribution in [1.29, 1.82) is 5.26 Å². The summed E-state index contributed by atoms with van der Waals surface area (Å²) in [7, 11) is 0. The molecule has 0 amide bonds. The summed E-state index contributed by atoms with van der Waals surface area (Å²) in [4.78, 5) is 3.54. The highest BCUT2D eigenvalue weighted by Gasteiger charge is 2.28.